The van der Waals surface area contributed by atoms with E-state index in [-0.39, 0.29) is 0 Å². The van der Waals surface area contributed by atoms with Crippen molar-refractivity contribution in [3.8, 4) is 0 Å². The molecule has 0 aliphatic carbocycles. The number of piperidine rings is 1. The van der Waals surface area contributed by atoms with Crippen molar-refractivity contribution in [3.63, 3.8) is 0 Å². The average Bonchev–Trinajstić information content (AvgIpc) is 2.03. The van der Waals surface area contributed by atoms with E-state index in [0.29, 0.717) is 0 Å². The van der Waals surface area contributed by atoms with Crippen LogP contribution in [0.5, 0.6) is 0 Å². The van der Waals surface area contributed by atoms with Crippen LogP contribution in [0, 0.1) is 5.92 Å². The highest BCUT2D eigenvalue weighted by atomic mass is 32.2. The molecule has 10 heavy (non-hydrogen) atoms. The van der Waals surface area contributed by atoms with Crippen LogP contribution in [-0.4, -0.2) is 25.1 Å². The Hall–Kier alpha value is 0.310. The van der Waals surface area contributed by atoms with Crippen LogP contribution in [0.2, 0.25) is 0 Å². The maximum absolute atomic E-state index is 3.43. The molecule has 0 spiro atoms. The van der Waals surface area contributed by atoms with Crippen LogP contribution in [0.3, 0.4) is 0 Å². The van der Waals surface area contributed by atoms with Gasteiger partial charge in [-0.1, -0.05) is 0 Å². The number of hydrogen-bond acceptors (Lipinski definition) is 2. The Kier molecular flexibility index (Phi) is 4.23. The highest BCUT2D eigenvalue weighted by Crippen LogP contribution is 2.15. The summed E-state index contributed by atoms with van der Waals surface area (Å²) in [5.41, 5.74) is 0. The molecule has 0 aromatic carbocycles. The molecular formula is C8H17NS. The molecule has 1 aliphatic heterocycles. The molecule has 1 fully saturated rings. The van der Waals surface area contributed by atoms with Crippen molar-refractivity contribution in [1.82, 2.24) is 5.32 Å². The van der Waals surface area contributed by atoms with Crippen molar-refractivity contribution in [1.29, 1.82) is 0 Å². The van der Waals surface area contributed by atoms with Crippen LogP contribution < -0.4 is 5.32 Å². The number of nitrogens with one attached hydrogen (secondary N) is 1. The van der Waals surface area contributed by atoms with Gasteiger partial charge >= 0.3 is 0 Å². The Morgan fingerprint density at radius 2 is 2.50 bits per heavy atom. The number of hydrogen-bond donors (Lipinski definition) is 1. The van der Waals surface area contributed by atoms with Gasteiger partial charge in [-0.05, 0) is 50.3 Å². The molecule has 0 amide bonds. The second-order valence-electron chi connectivity index (χ2n) is 2.99. The van der Waals surface area contributed by atoms with Crippen LogP contribution in [0.4, 0.5) is 0 Å². The van der Waals surface area contributed by atoms with E-state index < -0.39 is 0 Å². The first-order valence-corrected chi connectivity index (χ1v) is 5.52. The fourth-order valence-electron chi connectivity index (χ4n) is 1.45. The van der Waals surface area contributed by atoms with Gasteiger partial charge in [0.2, 0.25) is 0 Å². The second kappa shape index (κ2) is 5.03. The lowest BCUT2D eigenvalue weighted by atomic mass is 9.97. The molecule has 0 aromatic rings. The van der Waals surface area contributed by atoms with E-state index in [9.17, 15) is 0 Å². The van der Waals surface area contributed by atoms with Crippen molar-refractivity contribution in [2.45, 2.75) is 19.3 Å². The molecule has 0 bridgehead atoms. The van der Waals surface area contributed by atoms with Crippen molar-refractivity contribution in [2.24, 2.45) is 5.92 Å². The highest BCUT2D eigenvalue weighted by molar-refractivity contribution is 7.98. The molecule has 1 atom stereocenters. The summed E-state index contributed by atoms with van der Waals surface area (Å²) < 4.78 is 0. The monoisotopic (exact) mass is 159 g/mol. The van der Waals surface area contributed by atoms with Crippen molar-refractivity contribution in [3.05, 3.63) is 0 Å². The molecular weight excluding hydrogens is 142 g/mol. The van der Waals surface area contributed by atoms with Gasteiger partial charge in [-0.15, -0.1) is 0 Å². The zero-order valence-corrected chi connectivity index (χ0v) is 7.54. The highest BCUT2D eigenvalue weighted by Gasteiger charge is 2.11. The van der Waals surface area contributed by atoms with Crippen LogP contribution >= 0.6 is 11.8 Å². The van der Waals surface area contributed by atoms with Gasteiger partial charge in [0.05, 0.1) is 0 Å². The summed E-state index contributed by atoms with van der Waals surface area (Å²) in [6.45, 7) is 2.51. The summed E-state index contributed by atoms with van der Waals surface area (Å²) >= 11 is 1.97. The Morgan fingerprint density at radius 1 is 1.60 bits per heavy atom. The lowest BCUT2D eigenvalue weighted by molar-refractivity contribution is 0.371. The molecule has 60 valence electrons. The third-order valence-corrected chi connectivity index (χ3v) is 2.77. The van der Waals surface area contributed by atoms with Crippen molar-refractivity contribution >= 4 is 11.8 Å². The predicted molar refractivity (Wildman–Crippen MR) is 48.6 cm³/mol. The molecule has 1 nitrogen and oxygen atoms in total. The predicted octanol–water partition coefficient (Wildman–Crippen LogP) is 1.74. The topological polar surface area (TPSA) is 12.0 Å². The Balaban J connectivity index is 2.02. The van der Waals surface area contributed by atoms with Gasteiger partial charge in [0.15, 0.2) is 0 Å². The van der Waals surface area contributed by atoms with E-state index in [1.807, 2.05) is 11.8 Å². The van der Waals surface area contributed by atoms with Gasteiger partial charge in [-0.25, -0.2) is 0 Å². The van der Waals surface area contributed by atoms with Crippen LogP contribution in [-0.2, 0) is 0 Å². The van der Waals surface area contributed by atoms with E-state index in [2.05, 4.69) is 11.6 Å². The van der Waals surface area contributed by atoms with Gasteiger partial charge in [-0.2, -0.15) is 11.8 Å². The molecule has 1 N–H and O–H groups in total. The third-order valence-electron chi connectivity index (χ3n) is 2.13. The Labute approximate surface area is 68.0 Å². The standard InChI is InChI=1S/C8H17NS/c1-10-6-4-8-3-2-5-9-7-8/h8-9H,2-7H2,1H3. The minimum absolute atomic E-state index is 0.973. The first-order chi connectivity index (χ1) is 4.93. The zero-order valence-electron chi connectivity index (χ0n) is 6.73. The lowest BCUT2D eigenvalue weighted by Crippen LogP contribution is -2.29. The van der Waals surface area contributed by atoms with Gasteiger partial charge in [0.25, 0.3) is 0 Å². The molecule has 1 unspecified atom stereocenters. The summed E-state index contributed by atoms with van der Waals surface area (Å²) in [7, 11) is 0. The smallest absolute Gasteiger partial charge is 0.00202 e. The minimum atomic E-state index is 0.973. The molecule has 0 radical (unpaired) electrons. The summed E-state index contributed by atoms with van der Waals surface area (Å²) in [5, 5.41) is 3.43. The molecule has 1 saturated heterocycles. The van der Waals surface area contributed by atoms with E-state index in [1.165, 1.54) is 38.1 Å². The van der Waals surface area contributed by atoms with E-state index in [4.69, 9.17) is 0 Å². The normalized spacial score (nSPS) is 26.7. The summed E-state index contributed by atoms with van der Waals surface area (Å²) in [6, 6.07) is 0. The SMILES string of the molecule is CSCCC1CCCNC1. The van der Waals surface area contributed by atoms with Gasteiger partial charge in [0, 0.05) is 0 Å². The average molecular weight is 159 g/mol. The molecule has 1 heterocycles. The fourth-order valence-corrected chi connectivity index (χ4v) is 2.02. The first-order valence-electron chi connectivity index (χ1n) is 4.13. The minimum Gasteiger partial charge on any atom is -0.316 e. The zero-order chi connectivity index (χ0) is 7.23. The Morgan fingerprint density at radius 3 is 3.10 bits per heavy atom. The van der Waals surface area contributed by atoms with E-state index in [1.54, 1.807) is 0 Å². The summed E-state index contributed by atoms with van der Waals surface area (Å²) in [4.78, 5) is 0. The summed E-state index contributed by atoms with van der Waals surface area (Å²) in [6.07, 6.45) is 6.44. The number of rotatable bonds is 3. The third kappa shape index (κ3) is 2.93. The maximum Gasteiger partial charge on any atom is -0.00202 e. The van der Waals surface area contributed by atoms with Crippen LogP contribution in [0.25, 0.3) is 0 Å². The lowest BCUT2D eigenvalue weighted by Gasteiger charge is -2.21. The first kappa shape index (κ1) is 8.41. The maximum atomic E-state index is 3.43. The second-order valence-corrected chi connectivity index (χ2v) is 3.98. The molecule has 0 saturated carbocycles. The molecule has 1 aliphatic rings. The summed E-state index contributed by atoms with van der Waals surface area (Å²) in [5.74, 6) is 2.31. The van der Waals surface area contributed by atoms with E-state index in [0.717, 1.165) is 5.92 Å². The van der Waals surface area contributed by atoms with Gasteiger partial charge < -0.3 is 5.32 Å². The molecule has 0 aromatic heterocycles. The quantitative estimate of drug-likeness (QED) is 0.673. The van der Waals surface area contributed by atoms with Gasteiger partial charge in [0.1, 0.15) is 0 Å². The number of thioether (sulfide) groups is 1. The van der Waals surface area contributed by atoms with Crippen LogP contribution in [0.15, 0.2) is 0 Å². The van der Waals surface area contributed by atoms with Crippen LogP contribution in [0.1, 0.15) is 19.3 Å². The molecule has 1 rings (SSSR count). The van der Waals surface area contributed by atoms with E-state index >= 15 is 0 Å². The van der Waals surface area contributed by atoms with Crippen molar-refractivity contribution < 1.29 is 0 Å². The molecule has 2 heteroatoms. The van der Waals surface area contributed by atoms with Crippen molar-refractivity contribution in [2.75, 3.05) is 25.1 Å². The Bertz CT molecular complexity index is 79.3. The largest absolute Gasteiger partial charge is 0.316 e. The fraction of sp³-hybridized carbons (Fsp3) is 1.00. The van der Waals surface area contributed by atoms with Gasteiger partial charge in [-0.3, -0.25) is 0 Å².